The normalized spacial score (nSPS) is 16.7. The first-order chi connectivity index (χ1) is 12.9. The monoisotopic (exact) mass is 400 g/mol. The molecule has 1 aromatic heterocycles. The molecule has 4 rings (SSSR count). The first-order valence-electron chi connectivity index (χ1n) is 8.62. The van der Waals surface area contributed by atoms with E-state index in [0.717, 1.165) is 5.56 Å². The summed E-state index contributed by atoms with van der Waals surface area (Å²) in [4.78, 5) is 20.3. The number of nitrogens with zero attached hydrogens (tertiary/aromatic N) is 1. The molecule has 0 saturated heterocycles. The number of sulfone groups is 1. The highest BCUT2D eigenvalue weighted by Gasteiger charge is 2.33. The predicted octanol–water partition coefficient (Wildman–Crippen LogP) is 3.42. The maximum atomic E-state index is 12.9. The Hall–Kier alpha value is -2.44. The number of H-pyrrole nitrogens is 1. The number of fused-ring (bicyclic) bond motifs is 1. The molecule has 0 saturated carbocycles. The average molecular weight is 401 g/mol. The number of halogens is 1. The number of aromatic nitrogens is 2. The van der Waals surface area contributed by atoms with Crippen LogP contribution in [-0.2, 0) is 22.7 Å². The second-order valence-electron chi connectivity index (χ2n) is 6.57. The molecule has 2 aromatic carbocycles. The molecule has 27 heavy (non-hydrogen) atoms. The molecule has 3 aromatic rings. The first kappa shape index (κ1) is 17.9. The molecule has 0 radical (unpaired) electrons. The van der Waals surface area contributed by atoms with E-state index in [9.17, 15) is 13.2 Å². The Balaban J connectivity index is 1.68. The van der Waals surface area contributed by atoms with E-state index in [-0.39, 0.29) is 12.0 Å². The van der Waals surface area contributed by atoms with Crippen molar-refractivity contribution in [3.05, 3.63) is 81.2 Å². The Labute approximate surface area is 162 Å². The van der Waals surface area contributed by atoms with Crippen LogP contribution in [0.1, 0.15) is 17.7 Å². The zero-order valence-corrected chi connectivity index (χ0v) is 15.9. The van der Waals surface area contributed by atoms with Crippen molar-refractivity contribution in [2.75, 3.05) is 0 Å². The van der Waals surface area contributed by atoms with Gasteiger partial charge in [-0.25, -0.2) is 13.4 Å². The third-order valence-electron chi connectivity index (χ3n) is 4.86. The Morgan fingerprint density at radius 1 is 1.04 bits per heavy atom. The van der Waals surface area contributed by atoms with Crippen LogP contribution in [0.25, 0.3) is 11.4 Å². The van der Waals surface area contributed by atoms with Gasteiger partial charge in [0.05, 0.1) is 15.8 Å². The van der Waals surface area contributed by atoms with Gasteiger partial charge in [0.25, 0.3) is 5.56 Å². The molecular formula is C20H17ClN2O3S. The van der Waals surface area contributed by atoms with Crippen LogP contribution >= 0.6 is 11.6 Å². The minimum absolute atomic E-state index is 0.176. The van der Waals surface area contributed by atoms with Gasteiger partial charge in [-0.1, -0.05) is 29.8 Å². The molecule has 5 nitrogen and oxygen atoms in total. The van der Waals surface area contributed by atoms with Crippen molar-refractivity contribution in [3.63, 3.8) is 0 Å². The molecule has 1 N–H and O–H groups in total. The molecule has 0 bridgehead atoms. The van der Waals surface area contributed by atoms with Gasteiger partial charge in [-0.05, 0) is 55.7 Å². The topological polar surface area (TPSA) is 79.9 Å². The van der Waals surface area contributed by atoms with Crippen molar-refractivity contribution in [1.82, 2.24) is 9.97 Å². The molecule has 1 unspecified atom stereocenters. The smallest absolute Gasteiger partial charge is 0.254 e. The SMILES string of the molecule is O=c1[nH]c(-c2ccc(Cl)cc2)nc2c1CC(S(=O)(=O)c1ccccc1)CC2. The molecular weight excluding hydrogens is 384 g/mol. The number of benzene rings is 2. The fourth-order valence-corrected chi connectivity index (χ4v) is 5.26. The van der Waals surface area contributed by atoms with E-state index in [1.165, 1.54) is 0 Å². The number of rotatable bonds is 3. The van der Waals surface area contributed by atoms with E-state index in [1.54, 1.807) is 54.6 Å². The van der Waals surface area contributed by atoms with Crippen LogP contribution < -0.4 is 5.56 Å². The zero-order valence-electron chi connectivity index (χ0n) is 14.4. The van der Waals surface area contributed by atoms with Crippen LogP contribution in [0.15, 0.2) is 64.3 Å². The Bertz CT molecular complexity index is 1140. The summed E-state index contributed by atoms with van der Waals surface area (Å²) in [6, 6.07) is 15.4. The lowest BCUT2D eigenvalue weighted by molar-refractivity contribution is 0.557. The average Bonchev–Trinajstić information content (AvgIpc) is 2.69. The Morgan fingerprint density at radius 2 is 1.74 bits per heavy atom. The van der Waals surface area contributed by atoms with E-state index in [2.05, 4.69) is 9.97 Å². The summed E-state index contributed by atoms with van der Waals surface area (Å²) in [7, 11) is -3.48. The van der Waals surface area contributed by atoms with Crippen molar-refractivity contribution < 1.29 is 8.42 Å². The van der Waals surface area contributed by atoms with E-state index in [1.807, 2.05) is 0 Å². The van der Waals surface area contributed by atoms with Crippen LogP contribution in [0.5, 0.6) is 0 Å². The number of aryl methyl sites for hydroxylation is 1. The van der Waals surface area contributed by atoms with Crippen molar-refractivity contribution in [3.8, 4) is 11.4 Å². The van der Waals surface area contributed by atoms with E-state index >= 15 is 0 Å². The standard InChI is InChI=1S/C20H17ClN2O3S/c21-14-8-6-13(7-9-14)19-22-18-11-10-16(12-17(18)20(24)23-19)27(25,26)15-4-2-1-3-5-15/h1-9,16H,10-12H2,(H,22,23,24). The summed E-state index contributed by atoms with van der Waals surface area (Å²) in [6.45, 7) is 0. The van der Waals surface area contributed by atoms with Crippen LogP contribution in [0.4, 0.5) is 0 Å². The predicted molar refractivity (Wildman–Crippen MR) is 105 cm³/mol. The quantitative estimate of drug-likeness (QED) is 0.730. The van der Waals surface area contributed by atoms with Gasteiger partial charge in [-0.15, -0.1) is 0 Å². The number of nitrogens with one attached hydrogen (secondary N) is 1. The molecule has 7 heteroatoms. The van der Waals surface area contributed by atoms with Gasteiger partial charge in [0, 0.05) is 16.1 Å². The maximum Gasteiger partial charge on any atom is 0.254 e. The lowest BCUT2D eigenvalue weighted by Gasteiger charge is -2.23. The Kier molecular flexibility index (Phi) is 4.61. The van der Waals surface area contributed by atoms with Crippen molar-refractivity contribution >= 4 is 21.4 Å². The Morgan fingerprint density at radius 3 is 2.44 bits per heavy atom. The largest absolute Gasteiger partial charge is 0.306 e. The van der Waals surface area contributed by atoms with Crippen LogP contribution in [-0.4, -0.2) is 23.6 Å². The lowest BCUT2D eigenvalue weighted by Crippen LogP contribution is -2.33. The molecule has 0 amide bonds. The minimum atomic E-state index is -3.48. The molecule has 1 heterocycles. The summed E-state index contributed by atoms with van der Waals surface area (Å²) in [5.41, 5.74) is 1.61. The van der Waals surface area contributed by atoms with Gasteiger partial charge in [0.1, 0.15) is 5.82 Å². The highest BCUT2D eigenvalue weighted by Crippen LogP contribution is 2.28. The molecule has 0 fully saturated rings. The van der Waals surface area contributed by atoms with Crippen LogP contribution in [0.3, 0.4) is 0 Å². The highest BCUT2D eigenvalue weighted by atomic mass is 35.5. The van der Waals surface area contributed by atoms with Crippen LogP contribution in [0, 0.1) is 0 Å². The number of hydrogen-bond donors (Lipinski definition) is 1. The van der Waals surface area contributed by atoms with Crippen molar-refractivity contribution in [1.29, 1.82) is 0 Å². The van der Waals surface area contributed by atoms with Crippen molar-refractivity contribution in [2.45, 2.75) is 29.4 Å². The summed E-state index contributed by atoms with van der Waals surface area (Å²) in [5, 5.41) is -0.00954. The maximum absolute atomic E-state index is 12.9. The molecule has 138 valence electrons. The fourth-order valence-electron chi connectivity index (χ4n) is 3.40. The fraction of sp³-hybridized carbons (Fsp3) is 0.200. The second-order valence-corrected chi connectivity index (χ2v) is 9.23. The van der Waals surface area contributed by atoms with Gasteiger partial charge >= 0.3 is 0 Å². The van der Waals surface area contributed by atoms with Crippen molar-refractivity contribution in [2.24, 2.45) is 0 Å². The summed E-state index contributed by atoms with van der Waals surface area (Å²) in [6.07, 6.45) is 1.08. The van der Waals surface area contributed by atoms with Gasteiger partial charge in [-0.3, -0.25) is 4.79 Å². The third-order valence-corrected chi connectivity index (χ3v) is 7.33. The number of hydrogen-bond acceptors (Lipinski definition) is 4. The van der Waals surface area contributed by atoms with Crippen LogP contribution in [0.2, 0.25) is 5.02 Å². The molecule has 1 aliphatic rings. The highest BCUT2D eigenvalue weighted by molar-refractivity contribution is 7.92. The first-order valence-corrected chi connectivity index (χ1v) is 10.5. The van der Waals surface area contributed by atoms with E-state index < -0.39 is 15.1 Å². The summed E-state index contributed by atoms with van der Waals surface area (Å²) >= 11 is 5.91. The lowest BCUT2D eigenvalue weighted by atomic mass is 9.96. The minimum Gasteiger partial charge on any atom is -0.306 e. The molecule has 0 aliphatic heterocycles. The third kappa shape index (κ3) is 3.42. The van der Waals surface area contributed by atoms with Gasteiger partial charge in [-0.2, -0.15) is 0 Å². The molecule has 1 aliphatic carbocycles. The molecule has 0 spiro atoms. The summed E-state index contributed by atoms with van der Waals surface area (Å²) in [5.74, 6) is 0.472. The molecule has 1 atom stereocenters. The number of aromatic amines is 1. The van der Waals surface area contributed by atoms with Gasteiger partial charge in [0.15, 0.2) is 9.84 Å². The zero-order chi connectivity index (χ0) is 19.0. The second kappa shape index (κ2) is 6.94. The van der Waals surface area contributed by atoms with E-state index in [4.69, 9.17) is 11.6 Å². The van der Waals surface area contributed by atoms with Gasteiger partial charge < -0.3 is 4.98 Å². The summed E-state index contributed by atoms with van der Waals surface area (Å²) < 4.78 is 25.8. The van der Waals surface area contributed by atoms with E-state index in [0.29, 0.717) is 39.8 Å². The van der Waals surface area contributed by atoms with Gasteiger partial charge in [0.2, 0.25) is 0 Å².